The van der Waals surface area contributed by atoms with Crippen LogP contribution in [0.1, 0.15) is 21.8 Å². The molecule has 0 radical (unpaired) electrons. The molecule has 3 aromatic heterocycles. The number of fused-ring (bicyclic) bond motifs is 1. The quantitative estimate of drug-likeness (QED) is 0.442. The molecule has 166 valence electrons. The number of nitrogens with two attached hydrogens (primary N) is 1. The molecule has 1 fully saturated rings. The van der Waals surface area contributed by atoms with E-state index in [4.69, 9.17) is 15.5 Å². The molecule has 10 heteroatoms. The standard InChI is InChI=1S/C22H25N7OS2/c1-13-5-4-6-16(11-13)29-21(28-7-9-30-10-8-28)26-27-22(29)31-12-17-24-19(23)18-14(2)15(3)32-20(18)25-17/h4-6,11H,7-10,12H2,1-3H3,(H2,23,24,25). The number of thioether (sulfide) groups is 1. The molecule has 8 nitrogen and oxygen atoms in total. The number of nitrogens with zero attached hydrogens (tertiary/aromatic N) is 6. The molecule has 4 heterocycles. The SMILES string of the molecule is Cc1cccc(-n2c(SCc3nc(N)c4c(C)c(C)sc4n3)nnc2N2CCOCC2)c1. The monoisotopic (exact) mass is 467 g/mol. The zero-order valence-electron chi connectivity index (χ0n) is 18.3. The van der Waals surface area contributed by atoms with Crippen molar-refractivity contribution in [2.75, 3.05) is 36.9 Å². The van der Waals surface area contributed by atoms with Gasteiger partial charge in [0, 0.05) is 18.0 Å². The number of benzene rings is 1. The number of morpholine rings is 1. The number of aromatic nitrogens is 5. The van der Waals surface area contributed by atoms with E-state index in [1.54, 1.807) is 23.1 Å². The normalized spacial score (nSPS) is 14.4. The Bertz CT molecular complexity index is 1280. The van der Waals surface area contributed by atoms with Crippen LogP contribution in [-0.4, -0.2) is 51.0 Å². The molecule has 0 unspecified atom stereocenters. The largest absolute Gasteiger partial charge is 0.383 e. The number of aryl methyl sites for hydroxylation is 3. The van der Waals surface area contributed by atoms with Gasteiger partial charge in [-0.2, -0.15) is 0 Å². The molecular formula is C22H25N7OS2. The highest BCUT2D eigenvalue weighted by molar-refractivity contribution is 7.98. The minimum absolute atomic E-state index is 0.543. The molecule has 1 aliphatic heterocycles. The molecule has 0 atom stereocenters. The lowest BCUT2D eigenvalue weighted by Crippen LogP contribution is -2.37. The fourth-order valence-electron chi connectivity index (χ4n) is 3.84. The Morgan fingerprint density at radius 2 is 1.94 bits per heavy atom. The molecule has 0 aliphatic carbocycles. The van der Waals surface area contributed by atoms with Gasteiger partial charge in [-0.05, 0) is 44.0 Å². The lowest BCUT2D eigenvalue weighted by atomic mass is 10.2. The number of ether oxygens (including phenoxy) is 1. The van der Waals surface area contributed by atoms with Gasteiger partial charge in [-0.3, -0.25) is 4.57 Å². The predicted molar refractivity (Wildman–Crippen MR) is 130 cm³/mol. The summed E-state index contributed by atoms with van der Waals surface area (Å²) in [6.45, 7) is 9.22. The van der Waals surface area contributed by atoms with E-state index in [0.717, 1.165) is 45.7 Å². The number of rotatable bonds is 5. The second-order valence-electron chi connectivity index (χ2n) is 7.83. The summed E-state index contributed by atoms with van der Waals surface area (Å²) < 4.78 is 7.64. The first-order valence-electron chi connectivity index (χ1n) is 10.5. The van der Waals surface area contributed by atoms with Crippen LogP contribution in [0.25, 0.3) is 15.9 Å². The summed E-state index contributed by atoms with van der Waals surface area (Å²) in [6.07, 6.45) is 0. The third-order valence-electron chi connectivity index (χ3n) is 5.60. The van der Waals surface area contributed by atoms with Crippen molar-refractivity contribution in [1.29, 1.82) is 0 Å². The van der Waals surface area contributed by atoms with Gasteiger partial charge in [0.15, 0.2) is 5.16 Å². The van der Waals surface area contributed by atoms with Crippen LogP contribution >= 0.6 is 23.1 Å². The van der Waals surface area contributed by atoms with Crippen molar-refractivity contribution in [1.82, 2.24) is 24.7 Å². The summed E-state index contributed by atoms with van der Waals surface area (Å²) in [7, 11) is 0. The van der Waals surface area contributed by atoms with Crippen molar-refractivity contribution in [2.24, 2.45) is 0 Å². The number of hydrogen-bond acceptors (Lipinski definition) is 9. The highest BCUT2D eigenvalue weighted by Crippen LogP contribution is 2.34. The highest BCUT2D eigenvalue weighted by atomic mass is 32.2. The van der Waals surface area contributed by atoms with Crippen LogP contribution in [-0.2, 0) is 10.5 Å². The highest BCUT2D eigenvalue weighted by Gasteiger charge is 2.22. The van der Waals surface area contributed by atoms with E-state index in [1.165, 1.54) is 10.4 Å². The third-order valence-corrected chi connectivity index (χ3v) is 7.63. The molecule has 0 bridgehead atoms. The molecule has 5 rings (SSSR count). The van der Waals surface area contributed by atoms with E-state index < -0.39 is 0 Å². The first-order chi connectivity index (χ1) is 15.5. The van der Waals surface area contributed by atoms with Gasteiger partial charge in [0.1, 0.15) is 16.5 Å². The Morgan fingerprint density at radius 3 is 2.72 bits per heavy atom. The second-order valence-corrected chi connectivity index (χ2v) is 9.98. The minimum atomic E-state index is 0.543. The van der Waals surface area contributed by atoms with Gasteiger partial charge in [-0.1, -0.05) is 23.9 Å². The Morgan fingerprint density at radius 1 is 1.12 bits per heavy atom. The number of thiophene rings is 1. The van der Waals surface area contributed by atoms with Crippen LogP contribution < -0.4 is 10.6 Å². The average molecular weight is 468 g/mol. The lowest BCUT2D eigenvalue weighted by Gasteiger charge is -2.28. The first-order valence-corrected chi connectivity index (χ1v) is 12.3. The first kappa shape index (κ1) is 21.2. The minimum Gasteiger partial charge on any atom is -0.383 e. The summed E-state index contributed by atoms with van der Waals surface area (Å²) in [5.74, 6) is 2.64. The van der Waals surface area contributed by atoms with Gasteiger partial charge < -0.3 is 15.4 Å². The summed E-state index contributed by atoms with van der Waals surface area (Å²) in [6, 6.07) is 8.38. The Hall–Kier alpha value is -2.69. The van der Waals surface area contributed by atoms with Gasteiger partial charge in [0.2, 0.25) is 5.95 Å². The Labute approximate surface area is 194 Å². The van der Waals surface area contributed by atoms with Crippen LogP contribution in [0.2, 0.25) is 0 Å². The Kier molecular flexibility index (Phi) is 5.75. The third kappa shape index (κ3) is 3.94. The number of hydrogen-bond donors (Lipinski definition) is 1. The van der Waals surface area contributed by atoms with Gasteiger partial charge in [-0.25, -0.2) is 9.97 Å². The fourth-order valence-corrected chi connectivity index (χ4v) is 5.70. The van der Waals surface area contributed by atoms with E-state index in [-0.39, 0.29) is 0 Å². The van der Waals surface area contributed by atoms with Crippen LogP contribution in [0.5, 0.6) is 0 Å². The Balaban J connectivity index is 1.48. The topological polar surface area (TPSA) is 95.0 Å². The maximum absolute atomic E-state index is 6.27. The van der Waals surface area contributed by atoms with Crippen molar-refractivity contribution in [3.05, 3.63) is 46.1 Å². The van der Waals surface area contributed by atoms with Crippen LogP contribution in [0, 0.1) is 20.8 Å². The summed E-state index contributed by atoms with van der Waals surface area (Å²) in [4.78, 5) is 13.7. The molecule has 32 heavy (non-hydrogen) atoms. The van der Waals surface area contributed by atoms with Crippen molar-refractivity contribution < 1.29 is 4.74 Å². The number of nitrogen functional groups attached to an aromatic ring is 1. The van der Waals surface area contributed by atoms with Gasteiger partial charge in [-0.15, -0.1) is 21.5 Å². The van der Waals surface area contributed by atoms with Crippen molar-refractivity contribution in [2.45, 2.75) is 31.7 Å². The van der Waals surface area contributed by atoms with Gasteiger partial charge in [0.05, 0.1) is 30.0 Å². The van der Waals surface area contributed by atoms with E-state index >= 15 is 0 Å². The van der Waals surface area contributed by atoms with E-state index in [1.807, 2.05) is 0 Å². The van der Waals surface area contributed by atoms with Crippen LogP contribution in [0.15, 0.2) is 29.4 Å². The zero-order chi connectivity index (χ0) is 22.2. The molecule has 4 aromatic rings. The van der Waals surface area contributed by atoms with Crippen molar-refractivity contribution >= 4 is 45.1 Å². The van der Waals surface area contributed by atoms with Crippen molar-refractivity contribution in [3.8, 4) is 5.69 Å². The van der Waals surface area contributed by atoms with Gasteiger partial charge >= 0.3 is 0 Å². The molecule has 2 N–H and O–H groups in total. The van der Waals surface area contributed by atoms with E-state index in [2.05, 4.69) is 69.7 Å². The maximum Gasteiger partial charge on any atom is 0.232 e. The molecule has 0 spiro atoms. The predicted octanol–water partition coefficient (Wildman–Crippen LogP) is 3.91. The zero-order valence-corrected chi connectivity index (χ0v) is 20.0. The summed E-state index contributed by atoms with van der Waals surface area (Å²) >= 11 is 3.23. The lowest BCUT2D eigenvalue weighted by molar-refractivity contribution is 0.122. The molecule has 0 saturated carbocycles. The maximum atomic E-state index is 6.27. The summed E-state index contributed by atoms with van der Waals surface area (Å²) in [5.41, 5.74) is 9.66. The van der Waals surface area contributed by atoms with E-state index in [0.29, 0.717) is 30.6 Å². The molecule has 1 saturated heterocycles. The second kappa shape index (κ2) is 8.68. The molecular weight excluding hydrogens is 442 g/mol. The van der Waals surface area contributed by atoms with Gasteiger partial charge in [0.25, 0.3) is 0 Å². The summed E-state index contributed by atoms with van der Waals surface area (Å²) in [5, 5.41) is 10.8. The van der Waals surface area contributed by atoms with Crippen molar-refractivity contribution in [3.63, 3.8) is 0 Å². The average Bonchev–Trinajstić information content (AvgIpc) is 3.34. The molecule has 0 amide bonds. The number of anilines is 2. The molecule has 1 aromatic carbocycles. The van der Waals surface area contributed by atoms with Crippen LogP contribution in [0.4, 0.5) is 11.8 Å². The van der Waals surface area contributed by atoms with Crippen LogP contribution in [0.3, 0.4) is 0 Å². The fraction of sp³-hybridized carbons (Fsp3) is 0.364. The van der Waals surface area contributed by atoms with E-state index in [9.17, 15) is 0 Å². The smallest absolute Gasteiger partial charge is 0.232 e. The molecule has 1 aliphatic rings.